The lowest BCUT2D eigenvalue weighted by atomic mass is 9.85. The smallest absolute Gasteiger partial charge is 0.0671 e. The summed E-state index contributed by atoms with van der Waals surface area (Å²) in [6.45, 7) is 2.11. The molecule has 0 nitrogen and oxygen atoms in total. The van der Waals surface area contributed by atoms with E-state index in [1.807, 2.05) is 24.3 Å². The molecular weight excluding hydrogens is 347 g/mol. The van der Waals surface area contributed by atoms with E-state index >= 15 is 0 Å². The number of hydrogen-bond donors (Lipinski definition) is 0. The highest BCUT2D eigenvalue weighted by Crippen LogP contribution is 2.41. The molecular formula is C23H17Cl2. The van der Waals surface area contributed by atoms with Crippen molar-refractivity contribution < 1.29 is 0 Å². The van der Waals surface area contributed by atoms with Crippen LogP contribution in [-0.2, 0) is 0 Å². The van der Waals surface area contributed by atoms with Crippen LogP contribution in [0.4, 0.5) is 0 Å². The monoisotopic (exact) mass is 363 g/mol. The second kappa shape index (κ2) is 6.71. The van der Waals surface area contributed by atoms with Crippen LogP contribution in [0.25, 0.3) is 21.9 Å². The quantitative estimate of drug-likeness (QED) is 0.441. The van der Waals surface area contributed by atoms with E-state index in [2.05, 4.69) is 55.8 Å². The van der Waals surface area contributed by atoms with Gasteiger partial charge in [0.15, 0.2) is 0 Å². The van der Waals surface area contributed by atoms with Gasteiger partial charge in [-0.3, -0.25) is 0 Å². The lowest BCUT2D eigenvalue weighted by molar-refractivity contribution is 1.28. The second-order valence-electron chi connectivity index (χ2n) is 6.30. The van der Waals surface area contributed by atoms with Gasteiger partial charge in [0, 0.05) is 5.39 Å². The molecule has 4 rings (SSSR count). The number of allylic oxidation sites excluding steroid dienone is 4. The van der Waals surface area contributed by atoms with Gasteiger partial charge in [0.1, 0.15) is 0 Å². The van der Waals surface area contributed by atoms with Crippen LogP contribution in [0.5, 0.6) is 0 Å². The molecule has 25 heavy (non-hydrogen) atoms. The van der Waals surface area contributed by atoms with Gasteiger partial charge in [-0.05, 0) is 53.5 Å². The van der Waals surface area contributed by atoms with Crippen LogP contribution in [0.15, 0.2) is 66.7 Å². The van der Waals surface area contributed by atoms with Gasteiger partial charge >= 0.3 is 0 Å². The molecule has 0 aromatic heterocycles. The summed E-state index contributed by atoms with van der Waals surface area (Å²) in [5, 5.41) is 3.33. The van der Waals surface area contributed by atoms with E-state index in [0.29, 0.717) is 10.0 Å². The summed E-state index contributed by atoms with van der Waals surface area (Å²) in [5.74, 6) is 0. The molecule has 1 aliphatic carbocycles. The predicted molar refractivity (Wildman–Crippen MR) is 110 cm³/mol. The Bertz CT molecular complexity index is 1010. The molecule has 0 atom stereocenters. The van der Waals surface area contributed by atoms with E-state index in [-0.39, 0.29) is 0 Å². The molecule has 0 saturated carbocycles. The third-order valence-electron chi connectivity index (χ3n) is 4.62. The van der Waals surface area contributed by atoms with E-state index < -0.39 is 0 Å². The molecule has 0 heterocycles. The Kier molecular flexibility index (Phi) is 4.41. The number of hydrogen-bond acceptors (Lipinski definition) is 0. The maximum Gasteiger partial charge on any atom is 0.0671 e. The Morgan fingerprint density at radius 3 is 2.32 bits per heavy atom. The summed E-state index contributed by atoms with van der Waals surface area (Å²) in [5.41, 5.74) is 6.03. The minimum absolute atomic E-state index is 0.592. The summed E-state index contributed by atoms with van der Waals surface area (Å²) in [7, 11) is 0. The van der Waals surface area contributed by atoms with Gasteiger partial charge < -0.3 is 0 Å². The van der Waals surface area contributed by atoms with E-state index in [1.54, 1.807) is 0 Å². The van der Waals surface area contributed by atoms with E-state index in [0.717, 1.165) is 22.8 Å². The van der Waals surface area contributed by atoms with Crippen LogP contribution in [0, 0.1) is 13.3 Å². The first-order valence-electron chi connectivity index (χ1n) is 8.33. The van der Waals surface area contributed by atoms with Crippen molar-refractivity contribution in [1.29, 1.82) is 0 Å². The summed E-state index contributed by atoms with van der Waals surface area (Å²) in [6, 6.07) is 18.8. The Hall–Kier alpha value is -2.02. The van der Waals surface area contributed by atoms with Crippen LogP contribution in [0.1, 0.15) is 23.1 Å². The highest BCUT2D eigenvalue weighted by atomic mass is 35.5. The standard InChI is InChI=1S/C23H17Cl2/c1-15-10-12-16(13-11-15)17-6-2-3-7-18(17)21-14-22(24)23(25)20-9-5-4-8-19(20)21/h2,4-14H,3H2,1H3. The fraction of sp³-hybridized carbons (Fsp3) is 0.0870. The number of aryl methyl sites for hydroxylation is 1. The van der Waals surface area contributed by atoms with Crippen molar-refractivity contribution >= 4 is 45.1 Å². The SMILES string of the molecule is Cc1ccc(C2=C(c3cc(Cl)c(Cl)c4ccccc34)[CH]CC=C2)cc1. The number of halogens is 2. The topological polar surface area (TPSA) is 0 Å². The van der Waals surface area contributed by atoms with Gasteiger partial charge in [-0.1, -0.05) is 89.4 Å². The Balaban J connectivity index is 2.01. The molecule has 0 N–H and O–H groups in total. The molecule has 0 unspecified atom stereocenters. The number of rotatable bonds is 2. The average molecular weight is 364 g/mol. The molecule has 1 aliphatic rings. The summed E-state index contributed by atoms with van der Waals surface area (Å²) in [4.78, 5) is 0. The third kappa shape index (κ3) is 3.01. The van der Waals surface area contributed by atoms with Crippen molar-refractivity contribution in [2.75, 3.05) is 0 Å². The highest BCUT2D eigenvalue weighted by Gasteiger charge is 2.17. The lowest BCUT2D eigenvalue weighted by Crippen LogP contribution is -1.97. The van der Waals surface area contributed by atoms with Gasteiger partial charge in [-0.2, -0.15) is 0 Å². The van der Waals surface area contributed by atoms with E-state index in [4.69, 9.17) is 23.2 Å². The molecule has 0 amide bonds. The Morgan fingerprint density at radius 1 is 0.840 bits per heavy atom. The average Bonchev–Trinajstić information content (AvgIpc) is 2.65. The fourth-order valence-electron chi connectivity index (χ4n) is 3.34. The first kappa shape index (κ1) is 16.4. The fourth-order valence-corrected chi connectivity index (χ4v) is 3.77. The number of fused-ring (bicyclic) bond motifs is 1. The zero-order valence-electron chi connectivity index (χ0n) is 13.9. The van der Waals surface area contributed by atoms with Gasteiger partial charge in [-0.15, -0.1) is 0 Å². The predicted octanol–water partition coefficient (Wildman–Crippen LogP) is 7.53. The van der Waals surface area contributed by atoms with Crippen LogP contribution >= 0.6 is 23.2 Å². The van der Waals surface area contributed by atoms with Gasteiger partial charge in [-0.25, -0.2) is 0 Å². The summed E-state index contributed by atoms with van der Waals surface area (Å²) >= 11 is 12.9. The van der Waals surface area contributed by atoms with Crippen molar-refractivity contribution in [2.24, 2.45) is 0 Å². The third-order valence-corrected chi connectivity index (χ3v) is 5.42. The first-order chi connectivity index (χ1) is 12.1. The maximum absolute atomic E-state index is 6.44. The molecule has 123 valence electrons. The Labute approximate surface area is 158 Å². The lowest BCUT2D eigenvalue weighted by Gasteiger charge is -2.19. The second-order valence-corrected chi connectivity index (χ2v) is 7.09. The van der Waals surface area contributed by atoms with Crippen molar-refractivity contribution in [2.45, 2.75) is 13.3 Å². The van der Waals surface area contributed by atoms with Crippen molar-refractivity contribution in [3.8, 4) is 0 Å². The molecule has 0 bridgehead atoms. The van der Waals surface area contributed by atoms with Crippen molar-refractivity contribution in [1.82, 2.24) is 0 Å². The molecule has 1 radical (unpaired) electrons. The van der Waals surface area contributed by atoms with Crippen LogP contribution in [0.3, 0.4) is 0 Å². The molecule has 0 fully saturated rings. The largest absolute Gasteiger partial charge is 0.0833 e. The number of benzene rings is 3. The van der Waals surface area contributed by atoms with Crippen LogP contribution in [0.2, 0.25) is 10.0 Å². The molecule has 0 spiro atoms. The van der Waals surface area contributed by atoms with E-state index in [1.165, 1.54) is 22.3 Å². The van der Waals surface area contributed by atoms with Gasteiger partial charge in [0.05, 0.1) is 10.0 Å². The Morgan fingerprint density at radius 2 is 1.56 bits per heavy atom. The minimum Gasteiger partial charge on any atom is -0.0833 e. The normalized spacial score (nSPS) is 14.4. The maximum atomic E-state index is 6.44. The van der Waals surface area contributed by atoms with Gasteiger partial charge in [0.2, 0.25) is 0 Å². The molecule has 3 aromatic rings. The zero-order valence-corrected chi connectivity index (χ0v) is 15.4. The molecule has 0 saturated heterocycles. The van der Waals surface area contributed by atoms with Crippen LogP contribution in [-0.4, -0.2) is 0 Å². The zero-order chi connectivity index (χ0) is 17.4. The van der Waals surface area contributed by atoms with E-state index in [9.17, 15) is 0 Å². The van der Waals surface area contributed by atoms with Gasteiger partial charge in [0.25, 0.3) is 0 Å². The van der Waals surface area contributed by atoms with Crippen LogP contribution < -0.4 is 0 Å². The van der Waals surface area contributed by atoms with Crippen molar-refractivity contribution in [3.05, 3.63) is 99.9 Å². The first-order valence-corrected chi connectivity index (χ1v) is 9.09. The highest BCUT2D eigenvalue weighted by molar-refractivity contribution is 6.45. The minimum atomic E-state index is 0.592. The summed E-state index contributed by atoms with van der Waals surface area (Å²) in [6.07, 6.45) is 7.58. The molecule has 0 aliphatic heterocycles. The molecule has 3 aromatic carbocycles. The molecule has 2 heteroatoms. The summed E-state index contributed by atoms with van der Waals surface area (Å²) < 4.78 is 0. The van der Waals surface area contributed by atoms with Crippen molar-refractivity contribution in [3.63, 3.8) is 0 Å².